The zero-order valence-electron chi connectivity index (χ0n) is 31.5. The minimum atomic E-state index is -4.89. The molecule has 8 atom stereocenters. The maximum Gasteiger partial charge on any atom is 0.397 e. The predicted octanol–water partition coefficient (Wildman–Crippen LogP) is 4.26. The average molecular weight is 804 g/mol. The van der Waals surface area contributed by atoms with Crippen molar-refractivity contribution in [2.75, 3.05) is 36.7 Å². The molecule has 5 rings (SSSR count). The van der Waals surface area contributed by atoms with Gasteiger partial charge >= 0.3 is 16.4 Å². The van der Waals surface area contributed by atoms with Gasteiger partial charge in [0.05, 0.1) is 29.5 Å². The third-order valence-corrected chi connectivity index (χ3v) is 13.4. The lowest BCUT2D eigenvalue weighted by molar-refractivity contribution is -0.212. The van der Waals surface area contributed by atoms with E-state index in [1.165, 1.54) is 0 Å². The highest BCUT2D eigenvalue weighted by Gasteiger charge is 2.49. The van der Waals surface area contributed by atoms with Crippen molar-refractivity contribution in [3.05, 3.63) is 89.5 Å². The van der Waals surface area contributed by atoms with Crippen molar-refractivity contribution in [3.63, 3.8) is 0 Å². The molecule has 3 aromatic rings. The molecule has 14 nitrogen and oxygen atoms in total. The first kappa shape index (κ1) is 42.5. The summed E-state index contributed by atoms with van der Waals surface area (Å²) in [5.41, 5.74) is 2.09. The van der Waals surface area contributed by atoms with Crippen molar-refractivity contribution in [3.8, 4) is 0 Å². The van der Waals surface area contributed by atoms with Crippen LogP contribution in [0.25, 0.3) is 0 Å². The molecule has 2 heterocycles. The van der Waals surface area contributed by atoms with E-state index >= 15 is 0 Å². The molecule has 2 aliphatic rings. The number of aliphatic hydroxyl groups is 3. The van der Waals surface area contributed by atoms with Crippen LogP contribution in [0.4, 0.5) is 16.2 Å². The molecule has 302 valence electrons. The largest absolute Gasteiger partial charge is 0.397 e. The van der Waals surface area contributed by atoms with Gasteiger partial charge in [-0.1, -0.05) is 69.2 Å². The van der Waals surface area contributed by atoms with Crippen LogP contribution in [0, 0.1) is 11.3 Å². The van der Waals surface area contributed by atoms with Gasteiger partial charge in [-0.25, -0.2) is 17.4 Å². The number of carbonyl (C=O) groups excluding carboxylic acids is 1. The molecule has 2 aliphatic heterocycles. The molecular formula is C39H53N3O11S2. The summed E-state index contributed by atoms with van der Waals surface area (Å²) in [4.78, 5) is 15.5. The minimum Gasteiger partial charge on any atom is -0.392 e. The lowest BCUT2D eigenvalue weighted by atomic mass is 9.69. The topological polar surface area (TPSA) is 212 Å². The zero-order chi connectivity index (χ0) is 40.1. The number of aliphatic hydroxyl groups excluding tert-OH is 3. The number of carbonyl (C=O) groups is 1. The molecule has 0 bridgehead atoms. The molecular weight excluding hydrogens is 751 g/mol. The number of sulfone groups is 1. The van der Waals surface area contributed by atoms with Gasteiger partial charge in [-0.3, -0.25) is 4.55 Å². The van der Waals surface area contributed by atoms with E-state index in [4.69, 9.17) is 9.29 Å². The lowest BCUT2D eigenvalue weighted by Crippen LogP contribution is -2.61. The number of nitrogens with zero attached hydrogens (tertiary/aromatic N) is 1. The van der Waals surface area contributed by atoms with Crippen LogP contribution >= 0.6 is 0 Å². The molecule has 16 heteroatoms. The number of unbranched alkanes of at least 4 members (excludes halogenated alkanes) is 1. The van der Waals surface area contributed by atoms with Crippen LogP contribution in [0.2, 0.25) is 0 Å². The van der Waals surface area contributed by atoms with Crippen molar-refractivity contribution in [1.29, 1.82) is 0 Å². The Balaban J connectivity index is 1.43. The van der Waals surface area contributed by atoms with E-state index in [1.807, 2.05) is 63.2 Å². The number of anilines is 2. The van der Waals surface area contributed by atoms with Crippen molar-refractivity contribution in [2.24, 2.45) is 11.3 Å². The number of rotatable bonds is 14. The monoisotopic (exact) mass is 803 g/mol. The molecule has 0 aliphatic carbocycles. The second-order valence-corrected chi connectivity index (χ2v) is 17.9. The Morgan fingerprint density at radius 3 is 2.38 bits per heavy atom. The SMILES string of the molecule is CCCC[C@]1(CC)CS(=O)(=O)c2ccc(N(C)C)cc2[C@@H](c2cccc(NC(=O)N[C@@H]3O[C@H](COS(=O)(=O)O)[C@@H](O)C(CCc4ccccc4)[C@H]3O)c2)[C@H]1O. The van der Waals surface area contributed by atoms with Gasteiger partial charge in [0.15, 0.2) is 16.1 Å². The van der Waals surface area contributed by atoms with E-state index in [9.17, 15) is 36.9 Å². The Kier molecular flexibility index (Phi) is 13.7. The average Bonchev–Trinajstić information content (AvgIpc) is 3.21. The van der Waals surface area contributed by atoms with Crippen molar-refractivity contribution < 1.29 is 50.4 Å². The van der Waals surface area contributed by atoms with Gasteiger partial charge in [-0.15, -0.1) is 0 Å². The second kappa shape index (κ2) is 17.7. The van der Waals surface area contributed by atoms with Gasteiger partial charge in [0.25, 0.3) is 0 Å². The zero-order valence-corrected chi connectivity index (χ0v) is 33.2. The number of hydrogen-bond acceptors (Lipinski definition) is 11. The molecule has 2 amide bonds. The number of ether oxygens (including phenoxy) is 1. The maximum atomic E-state index is 14.0. The Hall–Kier alpha value is -3.61. The maximum absolute atomic E-state index is 14.0. The van der Waals surface area contributed by atoms with E-state index in [-0.39, 0.29) is 17.1 Å². The van der Waals surface area contributed by atoms with E-state index in [0.717, 1.165) is 24.1 Å². The standard InChI is InChI=1S/C39H53N3O11S2/c1-5-7-20-39(6-2)24-54(47,48)32-19-17-28(42(3)4)22-30(32)33(36(39)45)26-14-11-15-27(21-26)40-38(46)41-37-35(44)29(18-16-25-12-9-8-10-13-25)34(43)31(53-37)23-52-55(49,50)51/h8-15,17,19,21-22,29,31,33-37,43-45H,5-7,16,18,20,23-24H2,1-4H3,(H2,40,41,46)(H,49,50,51)/t29?,31-,33-,34+,35-,36-,37-,39-/m1/s1. The summed E-state index contributed by atoms with van der Waals surface area (Å²) in [5.74, 6) is -1.86. The molecule has 3 aromatic carbocycles. The summed E-state index contributed by atoms with van der Waals surface area (Å²) in [6, 6.07) is 20.4. The van der Waals surface area contributed by atoms with E-state index in [2.05, 4.69) is 14.8 Å². The minimum absolute atomic E-state index is 0.157. The van der Waals surface area contributed by atoms with Gasteiger partial charge < -0.3 is 35.6 Å². The van der Waals surface area contributed by atoms with Crippen LogP contribution in [-0.4, -0.2) is 99.8 Å². The normalized spacial score (nSPS) is 27.7. The highest BCUT2D eigenvalue weighted by molar-refractivity contribution is 7.91. The summed E-state index contributed by atoms with van der Waals surface area (Å²) in [6.45, 7) is 3.15. The summed E-state index contributed by atoms with van der Waals surface area (Å²) in [5, 5.41) is 40.0. The van der Waals surface area contributed by atoms with Gasteiger partial charge in [0.1, 0.15) is 12.2 Å². The van der Waals surface area contributed by atoms with Gasteiger partial charge in [0.2, 0.25) is 0 Å². The summed E-state index contributed by atoms with van der Waals surface area (Å²) >= 11 is 0. The number of benzene rings is 3. The molecule has 55 heavy (non-hydrogen) atoms. The number of hydrogen-bond donors (Lipinski definition) is 6. The fourth-order valence-corrected chi connectivity index (χ4v) is 10.4. The molecule has 0 radical (unpaired) electrons. The van der Waals surface area contributed by atoms with Crippen LogP contribution in [0.1, 0.15) is 68.6 Å². The highest BCUT2D eigenvalue weighted by atomic mass is 32.3. The van der Waals surface area contributed by atoms with Crippen molar-refractivity contribution >= 4 is 37.6 Å². The molecule has 0 saturated carbocycles. The first-order chi connectivity index (χ1) is 26.0. The van der Waals surface area contributed by atoms with Crippen LogP contribution in [0.3, 0.4) is 0 Å². The second-order valence-electron chi connectivity index (χ2n) is 14.8. The molecule has 1 saturated heterocycles. The number of aryl methyl sites for hydroxylation is 1. The quantitative estimate of drug-likeness (QED) is 0.126. The third-order valence-electron chi connectivity index (χ3n) is 11.0. The van der Waals surface area contributed by atoms with Crippen LogP contribution in [0.15, 0.2) is 77.7 Å². The van der Waals surface area contributed by atoms with Crippen LogP contribution in [-0.2, 0) is 35.6 Å². The highest BCUT2D eigenvalue weighted by Crippen LogP contribution is 2.49. The first-order valence-corrected chi connectivity index (χ1v) is 21.6. The van der Waals surface area contributed by atoms with Crippen molar-refractivity contribution in [1.82, 2.24) is 5.32 Å². The molecule has 0 aromatic heterocycles. The summed E-state index contributed by atoms with van der Waals surface area (Å²) in [7, 11) is -5.00. The smallest absolute Gasteiger partial charge is 0.392 e. The number of amides is 2. The third kappa shape index (κ3) is 10.0. The van der Waals surface area contributed by atoms with E-state index in [1.54, 1.807) is 42.5 Å². The van der Waals surface area contributed by atoms with Crippen molar-refractivity contribution in [2.45, 2.75) is 93.8 Å². The Bertz CT molecular complexity index is 2000. The Labute approximate surface area is 323 Å². The van der Waals surface area contributed by atoms with Crippen LogP contribution in [0.5, 0.6) is 0 Å². The van der Waals surface area contributed by atoms with E-state index in [0.29, 0.717) is 36.1 Å². The Morgan fingerprint density at radius 2 is 1.73 bits per heavy atom. The molecule has 0 spiro atoms. The van der Waals surface area contributed by atoms with Gasteiger partial charge in [0, 0.05) is 42.7 Å². The summed E-state index contributed by atoms with van der Waals surface area (Å²) < 4.78 is 70.2. The molecule has 6 N–H and O–H groups in total. The van der Waals surface area contributed by atoms with Gasteiger partial charge in [-0.2, -0.15) is 8.42 Å². The predicted molar refractivity (Wildman–Crippen MR) is 208 cm³/mol. The molecule has 1 fully saturated rings. The fraction of sp³-hybridized carbons (Fsp3) is 0.513. The number of fused-ring (bicyclic) bond motifs is 1. The molecule has 1 unspecified atom stereocenters. The lowest BCUT2D eigenvalue weighted by Gasteiger charge is -2.42. The van der Waals surface area contributed by atoms with Gasteiger partial charge in [-0.05, 0) is 72.7 Å². The number of urea groups is 1. The fourth-order valence-electron chi connectivity index (χ4n) is 7.89. The van der Waals surface area contributed by atoms with Crippen LogP contribution < -0.4 is 15.5 Å². The Morgan fingerprint density at radius 1 is 1.00 bits per heavy atom. The number of nitrogens with one attached hydrogen (secondary N) is 2. The summed E-state index contributed by atoms with van der Waals surface area (Å²) in [6.07, 6.45) is -3.49. The van der Waals surface area contributed by atoms with E-state index < -0.39 is 80.8 Å². The first-order valence-electron chi connectivity index (χ1n) is 18.6.